The number of hydrogen-bond acceptors (Lipinski definition) is 1. The van der Waals surface area contributed by atoms with E-state index in [1.165, 1.54) is 0 Å². The summed E-state index contributed by atoms with van der Waals surface area (Å²) < 4.78 is 43.2. The maximum atomic E-state index is 12.6. The molecule has 1 rings (SSSR count). The normalized spacial score (nSPS) is 30.4. The van der Waals surface area contributed by atoms with Crippen LogP contribution in [0.3, 0.4) is 0 Å². The highest BCUT2D eigenvalue weighted by Crippen LogP contribution is 2.42. The van der Waals surface area contributed by atoms with Crippen LogP contribution in [-0.4, -0.2) is 18.9 Å². The van der Waals surface area contributed by atoms with Gasteiger partial charge in [-0.2, -0.15) is 13.2 Å². The molecule has 4 heteroatoms. The Bertz CT molecular complexity index is 171. The lowest BCUT2D eigenvalue weighted by atomic mass is 9.77. The first kappa shape index (κ1) is 11.8. The van der Waals surface area contributed by atoms with Crippen molar-refractivity contribution in [1.82, 2.24) is 0 Å². The Balaban J connectivity index is 2.80. The van der Waals surface area contributed by atoms with Gasteiger partial charge in [0.1, 0.15) is 0 Å². The van der Waals surface area contributed by atoms with Gasteiger partial charge in [0.15, 0.2) is 0 Å². The molecule has 2 atom stereocenters. The first-order valence-corrected chi connectivity index (χ1v) is 4.91. The number of hydrogen-bond donors (Lipinski definition) is 0. The molecule has 0 aromatic carbocycles. The Morgan fingerprint density at radius 2 is 1.71 bits per heavy atom. The first-order valence-electron chi connectivity index (χ1n) is 4.91. The minimum Gasteiger partial charge on any atom is -0.377 e. The molecule has 0 amide bonds. The van der Waals surface area contributed by atoms with Gasteiger partial charge in [0, 0.05) is 6.61 Å². The minimum atomic E-state index is -4.13. The van der Waals surface area contributed by atoms with Crippen LogP contribution in [0.4, 0.5) is 13.2 Å². The van der Waals surface area contributed by atoms with Crippen LogP contribution in [0.1, 0.15) is 33.6 Å². The average Bonchev–Trinajstić information content (AvgIpc) is 2.01. The molecule has 0 spiro atoms. The van der Waals surface area contributed by atoms with Crippen LogP contribution in [-0.2, 0) is 4.74 Å². The van der Waals surface area contributed by atoms with Crippen LogP contribution >= 0.6 is 0 Å². The van der Waals surface area contributed by atoms with E-state index < -0.39 is 23.6 Å². The van der Waals surface area contributed by atoms with Gasteiger partial charge in [-0.15, -0.1) is 0 Å². The third-order valence-electron chi connectivity index (χ3n) is 2.60. The second kappa shape index (κ2) is 3.72. The predicted octanol–water partition coefficient (Wildman–Crippen LogP) is 3.39. The van der Waals surface area contributed by atoms with Crippen molar-refractivity contribution in [2.45, 2.75) is 45.9 Å². The molecule has 0 saturated carbocycles. The molecule has 1 aliphatic rings. The lowest BCUT2D eigenvalue weighted by Crippen LogP contribution is -2.46. The van der Waals surface area contributed by atoms with Crippen molar-refractivity contribution in [3.05, 3.63) is 0 Å². The van der Waals surface area contributed by atoms with Crippen molar-refractivity contribution in [2.24, 2.45) is 11.3 Å². The molecule has 1 fully saturated rings. The summed E-state index contributed by atoms with van der Waals surface area (Å²) in [7, 11) is 0. The molecule has 1 heterocycles. The van der Waals surface area contributed by atoms with Crippen LogP contribution in [0.2, 0.25) is 0 Å². The van der Waals surface area contributed by atoms with Crippen LogP contribution in [0, 0.1) is 11.3 Å². The number of halogens is 3. The number of alkyl halides is 3. The quantitative estimate of drug-likeness (QED) is 0.595. The standard InChI is InChI=1S/C10H17F3O/c1-9(2,3)8-7(10(11,12)13)5-4-6-14-8/h7-8H,4-6H2,1-3H3. The van der Waals surface area contributed by atoms with Gasteiger partial charge in [-0.3, -0.25) is 0 Å². The van der Waals surface area contributed by atoms with Crippen molar-refractivity contribution in [1.29, 1.82) is 0 Å². The van der Waals surface area contributed by atoms with Gasteiger partial charge in [-0.25, -0.2) is 0 Å². The van der Waals surface area contributed by atoms with Crippen molar-refractivity contribution in [3.8, 4) is 0 Å². The Morgan fingerprint density at radius 1 is 1.14 bits per heavy atom. The van der Waals surface area contributed by atoms with Crippen molar-refractivity contribution in [2.75, 3.05) is 6.61 Å². The summed E-state index contributed by atoms with van der Waals surface area (Å²) in [5.41, 5.74) is -0.444. The van der Waals surface area contributed by atoms with Crippen LogP contribution in [0.5, 0.6) is 0 Å². The summed E-state index contributed by atoms with van der Waals surface area (Å²) in [5.74, 6) is -1.30. The third-order valence-corrected chi connectivity index (χ3v) is 2.60. The van der Waals surface area contributed by atoms with Crippen molar-refractivity contribution >= 4 is 0 Å². The Hall–Kier alpha value is -0.250. The summed E-state index contributed by atoms with van der Waals surface area (Å²) in [6, 6.07) is 0. The topological polar surface area (TPSA) is 9.23 Å². The molecule has 0 N–H and O–H groups in total. The summed E-state index contributed by atoms with van der Waals surface area (Å²) in [6.45, 7) is 5.83. The zero-order chi connectivity index (χ0) is 11.0. The second-order valence-electron chi connectivity index (χ2n) is 4.95. The molecule has 0 aliphatic carbocycles. The van der Waals surface area contributed by atoms with E-state index in [-0.39, 0.29) is 6.42 Å². The van der Waals surface area contributed by atoms with Gasteiger partial charge in [0.05, 0.1) is 12.0 Å². The van der Waals surface area contributed by atoms with Gasteiger partial charge in [0.25, 0.3) is 0 Å². The van der Waals surface area contributed by atoms with Gasteiger partial charge >= 0.3 is 6.18 Å². The zero-order valence-electron chi connectivity index (χ0n) is 8.82. The smallest absolute Gasteiger partial charge is 0.377 e. The highest BCUT2D eigenvalue weighted by molar-refractivity contribution is 4.87. The number of rotatable bonds is 0. The monoisotopic (exact) mass is 210 g/mol. The molecule has 14 heavy (non-hydrogen) atoms. The predicted molar refractivity (Wildman–Crippen MR) is 48.0 cm³/mol. The van der Waals surface area contributed by atoms with E-state index in [0.717, 1.165) is 0 Å². The fourth-order valence-corrected chi connectivity index (χ4v) is 1.97. The average molecular weight is 210 g/mol. The van der Waals surface area contributed by atoms with Crippen molar-refractivity contribution < 1.29 is 17.9 Å². The molecular weight excluding hydrogens is 193 g/mol. The molecule has 0 radical (unpaired) electrons. The van der Waals surface area contributed by atoms with Crippen molar-refractivity contribution in [3.63, 3.8) is 0 Å². The van der Waals surface area contributed by atoms with Gasteiger partial charge in [0.2, 0.25) is 0 Å². The van der Waals surface area contributed by atoms with E-state index in [0.29, 0.717) is 13.0 Å². The molecule has 1 saturated heterocycles. The summed E-state index contributed by atoms with van der Waals surface area (Å²) in [6.07, 6.45) is -4.11. The molecule has 0 bridgehead atoms. The Labute approximate surface area is 82.6 Å². The lowest BCUT2D eigenvalue weighted by molar-refractivity contribution is -0.237. The van der Waals surface area contributed by atoms with E-state index >= 15 is 0 Å². The summed E-state index contributed by atoms with van der Waals surface area (Å²) in [4.78, 5) is 0. The second-order valence-corrected chi connectivity index (χ2v) is 4.95. The van der Waals surface area contributed by atoms with Gasteiger partial charge < -0.3 is 4.74 Å². The minimum absolute atomic E-state index is 0.200. The summed E-state index contributed by atoms with van der Waals surface area (Å²) >= 11 is 0. The third kappa shape index (κ3) is 2.62. The summed E-state index contributed by atoms with van der Waals surface area (Å²) in [5, 5.41) is 0. The Kier molecular flexibility index (Phi) is 3.14. The van der Waals surface area contributed by atoms with Crippen LogP contribution in [0.15, 0.2) is 0 Å². The lowest BCUT2D eigenvalue weighted by Gasteiger charge is -2.40. The molecule has 0 aromatic rings. The van der Waals surface area contributed by atoms with Crippen LogP contribution in [0.25, 0.3) is 0 Å². The van der Waals surface area contributed by atoms with E-state index in [1.54, 1.807) is 20.8 Å². The van der Waals surface area contributed by atoms with E-state index in [1.807, 2.05) is 0 Å². The SMILES string of the molecule is CC(C)(C)C1OCCCC1C(F)(F)F. The maximum absolute atomic E-state index is 12.6. The van der Waals surface area contributed by atoms with E-state index in [4.69, 9.17) is 4.74 Å². The van der Waals surface area contributed by atoms with Crippen LogP contribution < -0.4 is 0 Å². The largest absolute Gasteiger partial charge is 0.394 e. The maximum Gasteiger partial charge on any atom is 0.394 e. The number of ether oxygens (including phenoxy) is 1. The molecule has 0 aromatic heterocycles. The molecule has 2 unspecified atom stereocenters. The molecule has 1 nitrogen and oxygen atoms in total. The first-order chi connectivity index (χ1) is 6.23. The zero-order valence-corrected chi connectivity index (χ0v) is 8.82. The highest BCUT2D eigenvalue weighted by atomic mass is 19.4. The van der Waals surface area contributed by atoms with Gasteiger partial charge in [-0.05, 0) is 18.3 Å². The van der Waals surface area contributed by atoms with Gasteiger partial charge in [-0.1, -0.05) is 20.8 Å². The molecular formula is C10H17F3O. The Morgan fingerprint density at radius 3 is 2.07 bits per heavy atom. The fraction of sp³-hybridized carbons (Fsp3) is 1.00. The van der Waals surface area contributed by atoms with E-state index in [9.17, 15) is 13.2 Å². The van der Waals surface area contributed by atoms with E-state index in [2.05, 4.69) is 0 Å². The molecule has 1 aliphatic heterocycles. The fourth-order valence-electron chi connectivity index (χ4n) is 1.97. The highest BCUT2D eigenvalue weighted by Gasteiger charge is 2.50. The molecule has 84 valence electrons.